The van der Waals surface area contributed by atoms with Crippen LogP contribution >= 0.6 is 0 Å². The van der Waals surface area contributed by atoms with Crippen LogP contribution < -0.4 is 0 Å². The Morgan fingerprint density at radius 2 is 0.917 bits per heavy atom. The summed E-state index contributed by atoms with van der Waals surface area (Å²) in [4.78, 5) is 0. The van der Waals surface area contributed by atoms with Crippen LogP contribution in [0.3, 0.4) is 0 Å². The van der Waals surface area contributed by atoms with Crippen LogP contribution in [0.5, 0.6) is 0 Å². The molecule has 134 valence electrons. The lowest BCUT2D eigenvalue weighted by atomic mass is 9.07. The summed E-state index contributed by atoms with van der Waals surface area (Å²) in [5, 5.41) is 0. The van der Waals surface area contributed by atoms with Gasteiger partial charge in [0.15, 0.2) is 0 Å². The Morgan fingerprint density at radius 1 is 0.625 bits per heavy atom. The first-order chi connectivity index (χ1) is 11.5. The molecule has 4 rings (SSSR count). The zero-order chi connectivity index (χ0) is 16.7. The van der Waals surface area contributed by atoms with Gasteiger partial charge in [-0.05, 0) is 0 Å². The van der Waals surface area contributed by atoms with Gasteiger partial charge in [-0.3, -0.25) is 0 Å². The molecule has 0 aromatic heterocycles. The highest BCUT2D eigenvalue weighted by Gasteiger charge is 2.52. The average molecular weight is 342 g/mol. The molecule has 4 saturated heterocycles. The molecule has 4 aliphatic rings. The molecule has 4 fully saturated rings. The zero-order valence-corrected chi connectivity index (χ0v) is 17.7. The van der Waals surface area contributed by atoms with E-state index in [9.17, 15) is 0 Å². The fourth-order valence-corrected chi connectivity index (χ4v) is 10.0. The largest absolute Gasteiger partial charge is 0.141 e. The summed E-state index contributed by atoms with van der Waals surface area (Å²) < 4.78 is 0. The third-order valence-electron chi connectivity index (χ3n) is 8.61. The van der Waals surface area contributed by atoms with Gasteiger partial charge in [-0.2, -0.15) is 0 Å². The highest BCUT2D eigenvalue weighted by atomic mass is 28.3. The van der Waals surface area contributed by atoms with E-state index in [0.717, 1.165) is 42.4 Å². The topological polar surface area (TPSA) is 0 Å². The lowest BCUT2D eigenvalue weighted by molar-refractivity contribution is 0.426. The van der Waals surface area contributed by atoms with E-state index in [1.54, 1.807) is 83.1 Å². The first kappa shape index (κ1) is 17.7. The Hall–Kier alpha value is 0.347. The molecule has 24 heavy (non-hydrogen) atoms. The van der Waals surface area contributed by atoms with Gasteiger partial charge >= 0.3 is 0 Å². The summed E-state index contributed by atoms with van der Waals surface area (Å²) in [5.41, 5.74) is 1.13. The van der Waals surface area contributed by atoms with Crippen LogP contribution in [0.2, 0.25) is 54.7 Å². The molecule has 0 aliphatic carbocycles. The van der Waals surface area contributed by atoms with Gasteiger partial charge in [0, 0.05) is 8.07 Å². The summed E-state index contributed by atoms with van der Waals surface area (Å²) >= 11 is 0. The Bertz CT molecular complexity index is 356. The van der Waals surface area contributed by atoms with E-state index in [-0.39, 0.29) is 0 Å². The molecule has 4 bridgehead atoms. The van der Waals surface area contributed by atoms with Crippen molar-refractivity contribution < 1.29 is 0 Å². The minimum Gasteiger partial charge on any atom is -0.0843 e. The molecule has 0 amide bonds. The minimum absolute atomic E-state index is 0.984. The van der Waals surface area contributed by atoms with E-state index in [2.05, 4.69) is 19.6 Å². The van der Waals surface area contributed by atoms with Gasteiger partial charge in [0.2, 0.25) is 0 Å². The normalized spacial score (nSPS) is 38.1. The predicted octanol–water partition coefficient (Wildman–Crippen LogP) is 7.44. The Balaban J connectivity index is 1.64. The van der Waals surface area contributed by atoms with E-state index in [1.165, 1.54) is 0 Å². The van der Waals surface area contributed by atoms with Crippen LogP contribution in [0.4, 0.5) is 0 Å². The van der Waals surface area contributed by atoms with Crippen LogP contribution in [0.15, 0.2) is 0 Å². The molecular weight excluding hydrogens is 302 g/mol. The third kappa shape index (κ3) is 3.58. The van der Waals surface area contributed by atoms with Crippen molar-refractivity contribution in [2.75, 3.05) is 0 Å². The lowest BCUT2D eigenvalue weighted by Crippen LogP contribution is -2.51. The molecule has 0 aromatic rings. The third-order valence-corrected chi connectivity index (χ3v) is 10.3. The molecule has 4 aliphatic heterocycles. The number of fused-ring (bicyclic) bond motifs is 4. The van der Waals surface area contributed by atoms with Crippen LogP contribution in [0, 0.1) is 0 Å². The maximum absolute atomic E-state index is 2.66. The molecule has 0 N–H and O–H groups in total. The second-order valence-electron chi connectivity index (χ2n) is 11.3. The van der Waals surface area contributed by atoms with Crippen LogP contribution in [-0.4, -0.2) is 21.5 Å². The molecule has 0 atom stereocenters. The minimum atomic E-state index is -0.984. The van der Waals surface area contributed by atoms with Crippen molar-refractivity contribution in [3.8, 4) is 0 Å². The van der Waals surface area contributed by atoms with Gasteiger partial charge in [0.05, 0.1) is 0 Å². The monoisotopic (exact) mass is 342 g/mol. The molecule has 0 nitrogen and oxygen atoms in total. The van der Waals surface area contributed by atoms with Crippen LogP contribution in [-0.2, 0) is 0 Å². The van der Waals surface area contributed by atoms with Crippen molar-refractivity contribution in [2.45, 2.75) is 132 Å². The van der Waals surface area contributed by atoms with E-state index in [4.69, 9.17) is 0 Å². The molecule has 0 aromatic carbocycles. The van der Waals surface area contributed by atoms with Crippen LogP contribution in [0.1, 0.15) is 77.0 Å². The van der Waals surface area contributed by atoms with E-state index < -0.39 is 8.07 Å². The smallest absolute Gasteiger partial charge is 0.0843 e. The Kier molecular flexibility index (Phi) is 5.30. The standard InChI is InChI=1S/C21H40B2Si/c1-24(2,3)16-21(22-17-8-4-9-18(22)11-5-10-17)23-19-12-6-13-20(23)15-7-14-19/h17-21H,4-16H2,1-3H3. The van der Waals surface area contributed by atoms with Gasteiger partial charge in [-0.15, -0.1) is 0 Å². The maximum Gasteiger partial charge on any atom is 0.141 e. The van der Waals surface area contributed by atoms with Gasteiger partial charge in [0.25, 0.3) is 0 Å². The van der Waals surface area contributed by atoms with Crippen molar-refractivity contribution in [3.05, 3.63) is 0 Å². The second-order valence-corrected chi connectivity index (χ2v) is 16.9. The summed E-state index contributed by atoms with van der Waals surface area (Å²) in [6.07, 6.45) is 18.9. The molecule has 0 unspecified atom stereocenters. The number of rotatable bonds is 4. The number of hydrogen-bond donors (Lipinski definition) is 0. The van der Waals surface area contributed by atoms with Crippen molar-refractivity contribution in [1.82, 2.24) is 0 Å². The molecule has 4 heterocycles. The molecular formula is C21H40B2Si. The van der Waals surface area contributed by atoms with E-state index in [1.807, 2.05) is 0 Å². The van der Waals surface area contributed by atoms with Gasteiger partial charge < -0.3 is 0 Å². The molecule has 3 heteroatoms. The highest BCUT2D eigenvalue weighted by molar-refractivity contribution is 6.87. The first-order valence-corrected chi connectivity index (χ1v) is 15.2. The second kappa shape index (κ2) is 7.16. The number of hydrogen-bond acceptors (Lipinski definition) is 0. The Labute approximate surface area is 153 Å². The summed E-state index contributed by atoms with van der Waals surface area (Å²) in [5.74, 6) is 4.51. The van der Waals surface area contributed by atoms with E-state index >= 15 is 0 Å². The first-order valence-electron chi connectivity index (χ1n) is 11.5. The molecule has 0 radical (unpaired) electrons. The molecule has 0 spiro atoms. The van der Waals surface area contributed by atoms with E-state index in [0.29, 0.717) is 0 Å². The van der Waals surface area contributed by atoms with Gasteiger partial charge in [0.1, 0.15) is 13.4 Å². The van der Waals surface area contributed by atoms with Crippen molar-refractivity contribution >= 4 is 21.5 Å². The Morgan fingerprint density at radius 3 is 1.17 bits per heavy atom. The SMILES string of the molecule is C[Si](C)(C)CC(B1C2CCCC1CCC2)B1C2CCCC1CCC2. The van der Waals surface area contributed by atoms with Crippen molar-refractivity contribution in [3.63, 3.8) is 0 Å². The quantitative estimate of drug-likeness (QED) is 0.466. The average Bonchev–Trinajstić information content (AvgIpc) is 2.50. The van der Waals surface area contributed by atoms with Crippen molar-refractivity contribution in [2.24, 2.45) is 0 Å². The fourth-order valence-electron chi connectivity index (χ4n) is 8.09. The van der Waals surface area contributed by atoms with Crippen molar-refractivity contribution in [1.29, 1.82) is 0 Å². The summed E-state index contributed by atoms with van der Waals surface area (Å²) in [6, 6.07) is 1.66. The maximum atomic E-state index is 2.66. The summed E-state index contributed by atoms with van der Waals surface area (Å²) in [7, 11) is -0.984. The van der Waals surface area contributed by atoms with Gasteiger partial charge in [-0.25, -0.2) is 0 Å². The summed E-state index contributed by atoms with van der Waals surface area (Å²) in [6.45, 7) is 10.3. The molecule has 0 saturated carbocycles. The predicted molar refractivity (Wildman–Crippen MR) is 114 cm³/mol. The lowest BCUT2D eigenvalue weighted by Gasteiger charge is -2.52. The van der Waals surface area contributed by atoms with Crippen LogP contribution in [0.25, 0.3) is 0 Å². The zero-order valence-electron chi connectivity index (χ0n) is 16.7. The van der Waals surface area contributed by atoms with Gasteiger partial charge in [-0.1, -0.05) is 132 Å². The fraction of sp³-hybridized carbons (Fsp3) is 1.00. The highest BCUT2D eigenvalue weighted by Crippen LogP contribution is 2.58.